The SMILES string of the molecule is COc1ccc(C2CCCN2C(=O)c2cc3ccccc3oc2=O)cc1OC. The standard InChI is InChI=1S/C22H21NO5/c1-26-19-10-9-14(13-20(19)27-2)17-7-5-11-23(17)21(24)16-12-15-6-3-4-8-18(15)28-22(16)25/h3-4,6,8-10,12-13,17H,5,7,11H2,1-2H3. The van der Waals surface area contributed by atoms with Crippen molar-refractivity contribution in [2.24, 2.45) is 0 Å². The number of benzene rings is 2. The summed E-state index contributed by atoms with van der Waals surface area (Å²) in [6.07, 6.45) is 1.68. The molecule has 1 fully saturated rings. The number of carbonyl (C=O) groups is 1. The second-order valence-corrected chi connectivity index (χ2v) is 6.76. The second-order valence-electron chi connectivity index (χ2n) is 6.76. The van der Waals surface area contributed by atoms with Gasteiger partial charge in [-0.2, -0.15) is 0 Å². The molecule has 0 aliphatic carbocycles. The molecule has 1 aliphatic rings. The summed E-state index contributed by atoms with van der Waals surface area (Å²) in [5, 5.41) is 0.729. The summed E-state index contributed by atoms with van der Waals surface area (Å²) in [4.78, 5) is 27.3. The van der Waals surface area contributed by atoms with Crippen molar-refractivity contribution >= 4 is 16.9 Å². The molecule has 0 saturated carbocycles. The van der Waals surface area contributed by atoms with Gasteiger partial charge in [-0.1, -0.05) is 24.3 Å². The highest BCUT2D eigenvalue weighted by Gasteiger charge is 2.32. The Hall–Kier alpha value is -3.28. The lowest BCUT2D eigenvalue weighted by atomic mass is 10.0. The maximum atomic E-state index is 13.2. The number of hydrogen-bond acceptors (Lipinski definition) is 5. The molecule has 0 radical (unpaired) electrons. The molecule has 1 atom stereocenters. The van der Waals surface area contributed by atoms with E-state index in [9.17, 15) is 9.59 Å². The quantitative estimate of drug-likeness (QED) is 0.645. The summed E-state index contributed by atoms with van der Waals surface area (Å²) in [5.41, 5.74) is 0.878. The molecule has 0 bridgehead atoms. The molecule has 1 amide bonds. The van der Waals surface area contributed by atoms with Crippen LogP contribution in [-0.2, 0) is 0 Å². The summed E-state index contributed by atoms with van der Waals surface area (Å²) < 4.78 is 16.0. The molecule has 2 heterocycles. The number of likely N-dealkylation sites (tertiary alicyclic amines) is 1. The molecule has 2 aromatic carbocycles. The van der Waals surface area contributed by atoms with Crippen molar-refractivity contribution in [2.45, 2.75) is 18.9 Å². The fraction of sp³-hybridized carbons (Fsp3) is 0.273. The summed E-state index contributed by atoms with van der Waals surface area (Å²) in [7, 11) is 3.17. The molecule has 1 unspecified atom stereocenters. The molecule has 6 nitrogen and oxygen atoms in total. The number of para-hydroxylation sites is 1. The molecule has 0 spiro atoms. The first-order chi connectivity index (χ1) is 13.6. The Kier molecular flexibility index (Phi) is 4.77. The highest BCUT2D eigenvalue weighted by molar-refractivity contribution is 5.97. The minimum Gasteiger partial charge on any atom is -0.493 e. The van der Waals surface area contributed by atoms with E-state index in [1.165, 1.54) is 0 Å². The number of methoxy groups -OCH3 is 2. The predicted molar refractivity (Wildman–Crippen MR) is 105 cm³/mol. The van der Waals surface area contributed by atoms with Crippen molar-refractivity contribution in [1.82, 2.24) is 4.90 Å². The van der Waals surface area contributed by atoms with Crippen LogP contribution in [0.25, 0.3) is 11.0 Å². The molecule has 1 saturated heterocycles. The maximum Gasteiger partial charge on any atom is 0.349 e. The van der Waals surface area contributed by atoms with Crippen LogP contribution in [0.3, 0.4) is 0 Å². The van der Waals surface area contributed by atoms with Crippen molar-refractivity contribution in [3.63, 3.8) is 0 Å². The van der Waals surface area contributed by atoms with E-state index in [2.05, 4.69) is 0 Å². The average molecular weight is 379 g/mol. The smallest absolute Gasteiger partial charge is 0.349 e. The lowest BCUT2D eigenvalue weighted by Gasteiger charge is -2.25. The van der Waals surface area contributed by atoms with Crippen LogP contribution >= 0.6 is 0 Å². The van der Waals surface area contributed by atoms with E-state index < -0.39 is 5.63 Å². The zero-order valence-corrected chi connectivity index (χ0v) is 15.8. The summed E-state index contributed by atoms with van der Waals surface area (Å²) in [5.74, 6) is 0.943. The Morgan fingerprint density at radius 3 is 2.64 bits per heavy atom. The van der Waals surface area contributed by atoms with Crippen molar-refractivity contribution in [1.29, 1.82) is 0 Å². The minimum atomic E-state index is -0.610. The highest BCUT2D eigenvalue weighted by atomic mass is 16.5. The van der Waals surface area contributed by atoms with Crippen LogP contribution in [0.2, 0.25) is 0 Å². The molecule has 1 aliphatic heterocycles. The number of fused-ring (bicyclic) bond motifs is 1. The van der Waals surface area contributed by atoms with Crippen molar-refractivity contribution in [3.05, 3.63) is 70.1 Å². The first-order valence-electron chi connectivity index (χ1n) is 9.18. The number of nitrogens with zero attached hydrogens (tertiary/aromatic N) is 1. The van der Waals surface area contributed by atoms with Gasteiger partial charge >= 0.3 is 5.63 Å². The molecule has 4 rings (SSSR count). The molecule has 6 heteroatoms. The highest BCUT2D eigenvalue weighted by Crippen LogP contribution is 2.37. The van der Waals surface area contributed by atoms with Gasteiger partial charge in [-0.05, 0) is 42.7 Å². The Labute approximate surface area is 162 Å². The van der Waals surface area contributed by atoms with Crippen LogP contribution in [0.5, 0.6) is 11.5 Å². The maximum absolute atomic E-state index is 13.2. The number of rotatable bonds is 4. The van der Waals surface area contributed by atoms with E-state index in [4.69, 9.17) is 13.9 Å². The largest absolute Gasteiger partial charge is 0.493 e. The zero-order valence-electron chi connectivity index (χ0n) is 15.8. The van der Waals surface area contributed by atoms with Crippen LogP contribution in [0.4, 0.5) is 0 Å². The summed E-state index contributed by atoms with van der Waals surface area (Å²) >= 11 is 0. The van der Waals surface area contributed by atoms with Crippen LogP contribution in [0.1, 0.15) is 34.8 Å². The van der Waals surface area contributed by atoms with Crippen LogP contribution in [-0.4, -0.2) is 31.6 Å². The van der Waals surface area contributed by atoms with Crippen LogP contribution in [0, 0.1) is 0 Å². The molecule has 28 heavy (non-hydrogen) atoms. The van der Waals surface area contributed by atoms with E-state index in [0.29, 0.717) is 23.6 Å². The molecular formula is C22H21NO5. The minimum absolute atomic E-state index is 0.0612. The van der Waals surface area contributed by atoms with E-state index in [1.54, 1.807) is 37.3 Å². The van der Waals surface area contributed by atoms with E-state index in [1.807, 2.05) is 30.3 Å². The van der Waals surface area contributed by atoms with Gasteiger partial charge in [-0.15, -0.1) is 0 Å². The number of carbonyl (C=O) groups excluding carboxylic acids is 1. The van der Waals surface area contributed by atoms with Crippen molar-refractivity contribution in [3.8, 4) is 11.5 Å². The predicted octanol–water partition coefficient (Wildman–Crippen LogP) is 3.79. The third kappa shape index (κ3) is 3.11. The molecule has 144 valence electrons. The third-order valence-electron chi connectivity index (χ3n) is 5.18. The lowest BCUT2D eigenvalue weighted by Crippen LogP contribution is -2.33. The van der Waals surface area contributed by atoms with Gasteiger partial charge in [0.1, 0.15) is 11.1 Å². The average Bonchev–Trinajstić information content (AvgIpc) is 3.22. The molecule has 1 aromatic heterocycles. The van der Waals surface area contributed by atoms with Crippen LogP contribution < -0.4 is 15.1 Å². The number of ether oxygens (including phenoxy) is 2. The van der Waals surface area contributed by atoms with Gasteiger partial charge in [0, 0.05) is 11.9 Å². The van der Waals surface area contributed by atoms with Gasteiger partial charge in [-0.3, -0.25) is 4.79 Å². The Morgan fingerprint density at radius 1 is 1.07 bits per heavy atom. The Morgan fingerprint density at radius 2 is 1.86 bits per heavy atom. The van der Waals surface area contributed by atoms with Gasteiger partial charge in [0.2, 0.25) is 0 Å². The van der Waals surface area contributed by atoms with Gasteiger partial charge < -0.3 is 18.8 Å². The van der Waals surface area contributed by atoms with Crippen molar-refractivity contribution in [2.75, 3.05) is 20.8 Å². The summed E-state index contributed by atoms with van der Waals surface area (Å²) in [6, 6.07) is 14.3. The fourth-order valence-electron chi connectivity index (χ4n) is 3.78. The second kappa shape index (κ2) is 7.38. The first kappa shape index (κ1) is 18.1. The monoisotopic (exact) mass is 379 g/mol. The van der Waals surface area contributed by atoms with E-state index in [-0.39, 0.29) is 17.5 Å². The van der Waals surface area contributed by atoms with Gasteiger partial charge in [0.05, 0.1) is 20.3 Å². The van der Waals surface area contributed by atoms with Gasteiger partial charge in [0.15, 0.2) is 11.5 Å². The zero-order chi connectivity index (χ0) is 19.7. The third-order valence-corrected chi connectivity index (χ3v) is 5.18. The lowest BCUT2D eigenvalue weighted by molar-refractivity contribution is 0.0731. The number of hydrogen-bond donors (Lipinski definition) is 0. The normalized spacial score (nSPS) is 16.4. The van der Waals surface area contributed by atoms with Gasteiger partial charge in [-0.25, -0.2) is 4.79 Å². The topological polar surface area (TPSA) is 69.0 Å². The summed E-state index contributed by atoms with van der Waals surface area (Å²) in [6.45, 7) is 0.587. The Balaban J connectivity index is 1.70. The van der Waals surface area contributed by atoms with E-state index >= 15 is 0 Å². The van der Waals surface area contributed by atoms with E-state index in [0.717, 1.165) is 23.8 Å². The molecule has 3 aromatic rings. The van der Waals surface area contributed by atoms with Crippen LogP contribution in [0.15, 0.2) is 57.7 Å². The fourth-order valence-corrected chi connectivity index (χ4v) is 3.78. The first-order valence-corrected chi connectivity index (χ1v) is 9.18. The molecule has 0 N–H and O–H groups in total. The Bertz CT molecular complexity index is 1090. The van der Waals surface area contributed by atoms with Crippen molar-refractivity contribution < 1.29 is 18.7 Å². The molecular weight excluding hydrogens is 358 g/mol. The number of amides is 1. The van der Waals surface area contributed by atoms with Gasteiger partial charge in [0.25, 0.3) is 5.91 Å².